The van der Waals surface area contributed by atoms with Crippen LogP contribution in [0.25, 0.3) is 5.82 Å². The number of carbonyl (C=O) groups is 1. The molecular weight excluding hydrogens is 366 g/mol. The number of aromatic nitrogens is 3. The van der Waals surface area contributed by atoms with Gasteiger partial charge in [0.15, 0.2) is 18.2 Å². The quantitative estimate of drug-likeness (QED) is 0.717. The van der Waals surface area contributed by atoms with Gasteiger partial charge in [-0.2, -0.15) is 15.0 Å². The highest BCUT2D eigenvalue weighted by Crippen LogP contribution is 2.32. The molecule has 1 N–H and O–H groups in total. The van der Waals surface area contributed by atoms with E-state index in [0.29, 0.717) is 11.6 Å². The van der Waals surface area contributed by atoms with Crippen LogP contribution in [-0.2, 0) is 10.2 Å². The first-order valence-electron chi connectivity index (χ1n) is 9.23. The van der Waals surface area contributed by atoms with Gasteiger partial charge in [-0.1, -0.05) is 44.5 Å². The van der Waals surface area contributed by atoms with E-state index in [2.05, 4.69) is 42.2 Å². The van der Waals surface area contributed by atoms with Gasteiger partial charge in [-0.15, -0.1) is 0 Å². The Morgan fingerprint density at radius 3 is 2.72 bits per heavy atom. The Bertz CT molecular complexity index is 1060. The fourth-order valence-electron chi connectivity index (χ4n) is 2.87. The van der Waals surface area contributed by atoms with Crippen molar-refractivity contribution in [1.82, 2.24) is 14.8 Å². The van der Waals surface area contributed by atoms with Crippen molar-refractivity contribution in [2.45, 2.75) is 33.1 Å². The van der Waals surface area contributed by atoms with Crippen molar-refractivity contribution in [2.75, 3.05) is 11.9 Å². The second kappa shape index (κ2) is 8.15. The van der Waals surface area contributed by atoms with Gasteiger partial charge in [0.1, 0.15) is 17.4 Å². The zero-order chi connectivity index (χ0) is 21.0. The van der Waals surface area contributed by atoms with Crippen molar-refractivity contribution >= 4 is 11.7 Å². The van der Waals surface area contributed by atoms with Crippen LogP contribution in [0.2, 0.25) is 0 Å². The van der Waals surface area contributed by atoms with Gasteiger partial charge >= 0.3 is 0 Å². The molecule has 2 heterocycles. The lowest BCUT2D eigenvalue weighted by atomic mass is 9.85. The van der Waals surface area contributed by atoms with Gasteiger partial charge in [-0.25, -0.2) is 4.98 Å². The Labute approximate surface area is 170 Å². The molecule has 0 bridgehead atoms. The number of ether oxygens (including phenoxy) is 1. The van der Waals surface area contributed by atoms with E-state index < -0.39 is 0 Å². The summed E-state index contributed by atoms with van der Waals surface area (Å²) in [5.74, 6) is 1.04. The van der Waals surface area contributed by atoms with Crippen molar-refractivity contribution in [3.63, 3.8) is 0 Å². The summed E-state index contributed by atoms with van der Waals surface area (Å²) >= 11 is 0. The fraction of sp³-hybridized carbons (Fsp3) is 0.273. The average molecular weight is 389 g/mol. The summed E-state index contributed by atoms with van der Waals surface area (Å²) in [4.78, 5) is 16.8. The van der Waals surface area contributed by atoms with Gasteiger partial charge in [0, 0.05) is 6.20 Å². The van der Waals surface area contributed by atoms with Crippen molar-refractivity contribution in [3.8, 4) is 17.6 Å². The lowest BCUT2D eigenvalue weighted by Gasteiger charge is -2.23. The molecular formula is C22H23N5O2. The van der Waals surface area contributed by atoms with E-state index in [1.165, 1.54) is 10.9 Å². The zero-order valence-corrected chi connectivity index (χ0v) is 16.9. The summed E-state index contributed by atoms with van der Waals surface area (Å²) in [5, 5.41) is 16.2. The molecule has 1 aromatic carbocycles. The molecule has 3 aromatic rings. The third kappa shape index (κ3) is 4.61. The number of hydrogen-bond acceptors (Lipinski definition) is 5. The number of aryl methyl sites for hydroxylation is 1. The highest BCUT2D eigenvalue weighted by Gasteiger charge is 2.21. The van der Waals surface area contributed by atoms with Gasteiger partial charge < -0.3 is 10.1 Å². The molecule has 0 aliphatic heterocycles. The molecule has 0 fully saturated rings. The van der Waals surface area contributed by atoms with E-state index in [1.54, 1.807) is 24.4 Å². The van der Waals surface area contributed by atoms with E-state index in [-0.39, 0.29) is 29.3 Å². The monoisotopic (exact) mass is 389 g/mol. The van der Waals surface area contributed by atoms with Crippen molar-refractivity contribution < 1.29 is 9.53 Å². The van der Waals surface area contributed by atoms with Gasteiger partial charge in [0.05, 0.1) is 6.20 Å². The minimum Gasteiger partial charge on any atom is -0.483 e. The molecule has 0 radical (unpaired) electrons. The Kier molecular flexibility index (Phi) is 5.64. The Morgan fingerprint density at radius 2 is 2.07 bits per heavy atom. The summed E-state index contributed by atoms with van der Waals surface area (Å²) < 4.78 is 7.23. The largest absolute Gasteiger partial charge is 0.483 e. The molecule has 0 aliphatic rings. The van der Waals surface area contributed by atoms with E-state index in [9.17, 15) is 10.1 Å². The average Bonchev–Trinajstić information content (AvgIpc) is 3.09. The maximum absolute atomic E-state index is 12.6. The first kappa shape index (κ1) is 20.1. The molecule has 0 atom stereocenters. The van der Waals surface area contributed by atoms with Crippen LogP contribution in [0.5, 0.6) is 5.75 Å². The number of hydrogen-bond donors (Lipinski definition) is 1. The maximum atomic E-state index is 12.6. The Balaban J connectivity index is 1.78. The number of anilines is 1. The van der Waals surface area contributed by atoms with Crippen molar-refractivity contribution in [2.24, 2.45) is 0 Å². The molecule has 1 amide bonds. The Hall–Kier alpha value is -3.66. The number of pyridine rings is 1. The third-order valence-electron chi connectivity index (χ3n) is 4.32. The minimum absolute atomic E-state index is 0.122. The topological polar surface area (TPSA) is 92.8 Å². The number of benzene rings is 1. The summed E-state index contributed by atoms with van der Waals surface area (Å²) in [6.45, 7) is 8.12. The van der Waals surface area contributed by atoms with E-state index in [1.807, 2.05) is 25.1 Å². The standard InChI is InChI=1S/C22H23N5O2/c1-15-8-9-18(17(11-15)22(2,3)4)29-14-20(28)26-21-16(12-23)13-25-27(21)19-7-5-6-10-24-19/h5-11,13H,14H2,1-4H3,(H,26,28). The summed E-state index contributed by atoms with van der Waals surface area (Å²) in [6, 6.07) is 13.2. The molecule has 7 nitrogen and oxygen atoms in total. The molecule has 29 heavy (non-hydrogen) atoms. The van der Waals surface area contributed by atoms with Crippen molar-refractivity contribution in [1.29, 1.82) is 5.26 Å². The van der Waals surface area contributed by atoms with Crippen LogP contribution in [-0.4, -0.2) is 27.3 Å². The van der Waals surface area contributed by atoms with E-state index in [4.69, 9.17) is 4.74 Å². The highest BCUT2D eigenvalue weighted by atomic mass is 16.5. The van der Waals surface area contributed by atoms with Gasteiger partial charge in [-0.3, -0.25) is 4.79 Å². The first-order valence-corrected chi connectivity index (χ1v) is 9.23. The Morgan fingerprint density at radius 1 is 1.28 bits per heavy atom. The lowest BCUT2D eigenvalue weighted by Crippen LogP contribution is -2.24. The number of rotatable bonds is 5. The second-order valence-electron chi connectivity index (χ2n) is 7.70. The van der Waals surface area contributed by atoms with Gasteiger partial charge in [0.2, 0.25) is 0 Å². The third-order valence-corrected chi connectivity index (χ3v) is 4.32. The number of nitrogens with one attached hydrogen (secondary N) is 1. The number of carbonyl (C=O) groups excluding carboxylic acids is 1. The fourth-order valence-corrected chi connectivity index (χ4v) is 2.87. The zero-order valence-electron chi connectivity index (χ0n) is 16.9. The highest BCUT2D eigenvalue weighted by molar-refractivity contribution is 5.92. The molecule has 0 aliphatic carbocycles. The predicted octanol–water partition coefficient (Wildman–Crippen LogP) is 3.76. The molecule has 0 unspecified atom stereocenters. The summed E-state index contributed by atoms with van der Waals surface area (Å²) in [6.07, 6.45) is 3.01. The van der Waals surface area contributed by atoms with Crippen LogP contribution in [0.15, 0.2) is 48.8 Å². The first-order chi connectivity index (χ1) is 13.8. The van der Waals surface area contributed by atoms with E-state index in [0.717, 1.165) is 11.1 Å². The number of amides is 1. The van der Waals surface area contributed by atoms with Crippen LogP contribution in [0, 0.1) is 18.3 Å². The molecule has 3 rings (SSSR count). The number of nitriles is 1. The van der Waals surface area contributed by atoms with Gasteiger partial charge in [0.25, 0.3) is 5.91 Å². The minimum atomic E-state index is -0.389. The maximum Gasteiger partial charge on any atom is 0.263 e. The summed E-state index contributed by atoms with van der Waals surface area (Å²) in [7, 11) is 0. The molecule has 0 saturated carbocycles. The van der Waals surface area contributed by atoms with Crippen LogP contribution in [0.3, 0.4) is 0 Å². The normalized spacial score (nSPS) is 11.0. The van der Waals surface area contributed by atoms with Crippen LogP contribution in [0.1, 0.15) is 37.5 Å². The van der Waals surface area contributed by atoms with Crippen LogP contribution >= 0.6 is 0 Å². The second-order valence-corrected chi connectivity index (χ2v) is 7.70. The molecule has 2 aromatic heterocycles. The smallest absolute Gasteiger partial charge is 0.263 e. The van der Waals surface area contributed by atoms with E-state index >= 15 is 0 Å². The summed E-state index contributed by atoms with van der Waals surface area (Å²) in [5.41, 5.74) is 2.28. The SMILES string of the molecule is Cc1ccc(OCC(=O)Nc2c(C#N)cnn2-c2ccccn2)c(C(C)(C)C)c1. The number of nitrogens with zero attached hydrogens (tertiary/aromatic N) is 4. The molecule has 7 heteroatoms. The van der Waals surface area contributed by atoms with Crippen LogP contribution < -0.4 is 10.1 Å². The van der Waals surface area contributed by atoms with Crippen molar-refractivity contribution in [3.05, 3.63) is 65.5 Å². The molecule has 0 spiro atoms. The lowest BCUT2D eigenvalue weighted by molar-refractivity contribution is -0.118. The predicted molar refractivity (Wildman–Crippen MR) is 110 cm³/mol. The molecule has 0 saturated heterocycles. The van der Waals surface area contributed by atoms with Crippen LogP contribution in [0.4, 0.5) is 5.82 Å². The van der Waals surface area contributed by atoms with Gasteiger partial charge in [-0.05, 0) is 36.1 Å². The molecule has 148 valence electrons.